The highest BCUT2D eigenvalue weighted by atomic mass is 16.4. The van der Waals surface area contributed by atoms with Crippen LogP contribution in [0.1, 0.15) is 18.7 Å². The zero-order valence-corrected chi connectivity index (χ0v) is 8.96. The number of amides is 1. The van der Waals surface area contributed by atoms with Crippen LogP contribution in [-0.4, -0.2) is 49.9 Å². The molecule has 1 atom stereocenters. The molecule has 1 amide bonds. The summed E-state index contributed by atoms with van der Waals surface area (Å²) in [6, 6.07) is 0. The van der Waals surface area contributed by atoms with Gasteiger partial charge in [0.2, 0.25) is 5.91 Å². The number of aliphatic hydroxyl groups excluding tert-OH is 1. The lowest BCUT2D eigenvalue weighted by molar-refractivity contribution is -0.137. The Morgan fingerprint density at radius 2 is 2.35 bits per heavy atom. The van der Waals surface area contributed by atoms with E-state index in [4.69, 9.17) is 5.11 Å². The van der Waals surface area contributed by atoms with E-state index in [0.717, 1.165) is 0 Å². The number of anilines is 1. The summed E-state index contributed by atoms with van der Waals surface area (Å²) in [5.74, 6) is -0.555. The van der Waals surface area contributed by atoms with Crippen molar-refractivity contribution >= 4 is 17.8 Å². The monoisotopic (exact) mass is 240 g/mol. The molecule has 1 fully saturated rings. The molecule has 2 heterocycles. The number of hydrogen-bond acceptors (Lipinski definition) is 5. The van der Waals surface area contributed by atoms with Crippen molar-refractivity contribution in [2.45, 2.75) is 25.4 Å². The van der Waals surface area contributed by atoms with Crippen molar-refractivity contribution in [3.8, 4) is 0 Å². The van der Waals surface area contributed by atoms with Crippen LogP contribution < -0.4 is 4.90 Å². The Morgan fingerprint density at radius 1 is 1.59 bits per heavy atom. The van der Waals surface area contributed by atoms with Gasteiger partial charge in [-0.15, -0.1) is 5.10 Å². The molecule has 8 heteroatoms. The van der Waals surface area contributed by atoms with Crippen LogP contribution in [-0.2, 0) is 16.0 Å². The van der Waals surface area contributed by atoms with E-state index in [1.165, 1.54) is 4.90 Å². The number of β-amino-alcohol motifs (C(OH)–C–C–N with tert-alkyl or cyclic N) is 1. The van der Waals surface area contributed by atoms with Gasteiger partial charge in [0.1, 0.15) is 5.82 Å². The molecule has 1 aromatic heterocycles. The Kier molecular flexibility index (Phi) is 3.05. The van der Waals surface area contributed by atoms with E-state index < -0.39 is 12.1 Å². The van der Waals surface area contributed by atoms with Crippen molar-refractivity contribution in [2.75, 3.05) is 11.4 Å². The number of nitrogens with one attached hydrogen (secondary N) is 1. The van der Waals surface area contributed by atoms with Crippen LogP contribution in [0.5, 0.6) is 0 Å². The molecule has 3 N–H and O–H groups in total. The predicted molar refractivity (Wildman–Crippen MR) is 55.3 cm³/mol. The number of aryl methyl sites for hydroxylation is 1. The molecule has 0 aliphatic carbocycles. The first kappa shape index (κ1) is 11.5. The summed E-state index contributed by atoms with van der Waals surface area (Å²) < 4.78 is 0. The van der Waals surface area contributed by atoms with Crippen molar-refractivity contribution in [1.29, 1.82) is 0 Å². The molecule has 2 rings (SSSR count). The zero-order chi connectivity index (χ0) is 12.4. The molecule has 0 aromatic carbocycles. The molecule has 1 aliphatic heterocycles. The van der Waals surface area contributed by atoms with Gasteiger partial charge in [-0.1, -0.05) is 0 Å². The minimum absolute atomic E-state index is 0.0504. The SMILES string of the molecule is O=C(O)CCc1nc(N2CC(O)CC2=O)n[nH]1. The van der Waals surface area contributed by atoms with Gasteiger partial charge >= 0.3 is 5.97 Å². The third-order valence-corrected chi connectivity index (χ3v) is 2.44. The van der Waals surface area contributed by atoms with E-state index in [2.05, 4.69) is 15.2 Å². The number of hydrogen-bond donors (Lipinski definition) is 3. The van der Waals surface area contributed by atoms with Gasteiger partial charge in [-0.3, -0.25) is 19.6 Å². The number of aliphatic carboxylic acids is 1. The number of H-pyrrole nitrogens is 1. The molecular formula is C9H12N4O4. The lowest BCUT2D eigenvalue weighted by Crippen LogP contribution is -2.26. The van der Waals surface area contributed by atoms with Crippen molar-refractivity contribution in [3.63, 3.8) is 0 Å². The van der Waals surface area contributed by atoms with E-state index >= 15 is 0 Å². The number of aromatic amines is 1. The van der Waals surface area contributed by atoms with Crippen LogP contribution in [0.25, 0.3) is 0 Å². The summed E-state index contributed by atoms with van der Waals surface area (Å²) in [7, 11) is 0. The van der Waals surface area contributed by atoms with Crippen LogP contribution in [0.15, 0.2) is 0 Å². The second-order valence-electron chi connectivity index (χ2n) is 3.84. The molecule has 92 valence electrons. The van der Waals surface area contributed by atoms with E-state index in [9.17, 15) is 14.7 Å². The van der Waals surface area contributed by atoms with Crippen LogP contribution in [0.2, 0.25) is 0 Å². The summed E-state index contributed by atoms with van der Waals surface area (Å²) in [4.78, 5) is 27.1. The fourth-order valence-electron chi connectivity index (χ4n) is 1.63. The molecule has 1 aliphatic rings. The third kappa shape index (κ3) is 2.59. The normalized spacial score (nSPS) is 19.9. The fourth-order valence-corrected chi connectivity index (χ4v) is 1.63. The number of rotatable bonds is 4. The number of aliphatic hydroxyl groups is 1. The average molecular weight is 240 g/mol. The molecule has 1 unspecified atom stereocenters. The lowest BCUT2D eigenvalue weighted by atomic mass is 10.3. The number of aromatic nitrogens is 3. The minimum atomic E-state index is -0.921. The third-order valence-electron chi connectivity index (χ3n) is 2.44. The topological polar surface area (TPSA) is 119 Å². The largest absolute Gasteiger partial charge is 0.481 e. The van der Waals surface area contributed by atoms with Crippen molar-refractivity contribution in [2.24, 2.45) is 0 Å². The number of nitrogens with zero attached hydrogens (tertiary/aromatic N) is 3. The van der Waals surface area contributed by atoms with Gasteiger partial charge in [-0.05, 0) is 0 Å². The van der Waals surface area contributed by atoms with E-state index in [0.29, 0.717) is 5.82 Å². The molecule has 0 bridgehead atoms. The molecule has 1 saturated heterocycles. The maximum atomic E-state index is 11.4. The highest BCUT2D eigenvalue weighted by molar-refractivity contribution is 5.94. The second kappa shape index (κ2) is 4.50. The minimum Gasteiger partial charge on any atom is -0.481 e. The highest BCUT2D eigenvalue weighted by Gasteiger charge is 2.31. The molecule has 0 spiro atoms. The van der Waals surface area contributed by atoms with Crippen LogP contribution in [0.4, 0.5) is 5.95 Å². The molecule has 0 saturated carbocycles. The maximum Gasteiger partial charge on any atom is 0.303 e. The number of carboxylic acids is 1. The molecule has 17 heavy (non-hydrogen) atoms. The first-order valence-corrected chi connectivity index (χ1v) is 5.18. The van der Waals surface area contributed by atoms with Gasteiger partial charge < -0.3 is 10.2 Å². The summed E-state index contributed by atoms with van der Waals surface area (Å²) >= 11 is 0. The van der Waals surface area contributed by atoms with Gasteiger partial charge in [-0.25, -0.2) is 0 Å². The molecule has 1 aromatic rings. The van der Waals surface area contributed by atoms with Gasteiger partial charge in [0.15, 0.2) is 0 Å². The van der Waals surface area contributed by atoms with Gasteiger partial charge in [0.05, 0.1) is 25.5 Å². The first-order chi connectivity index (χ1) is 8.06. The fraction of sp³-hybridized carbons (Fsp3) is 0.556. The average Bonchev–Trinajstić information content (AvgIpc) is 2.82. The van der Waals surface area contributed by atoms with Gasteiger partial charge in [-0.2, -0.15) is 4.98 Å². The highest BCUT2D eigenvalue weighted by Crippen LogP contribution is 2.17. The quantitative estimate of drug-likeness (QED) is 0.615. The lowest BCUT2D eigenvalue weighted by Gasteiger charge is -2.09. The number of carbonyl (C=O) groups is 2. The van der Waals surface area contributed by atoms with E-state index in [-0.39, 0.29) is 37.7 Å². The number of carboxylic acid groups (broad SMARTS) is 1. The Hall–Kier alpha value is -1.96. The van der Waals surface area contributed by atoms with Crippen LogP contribution >= 0.6 is 0 Å². The molecule has 0 radical (unpaired) electrons. The second-order valence-corrected chi connectivity index (χ2v) is 3.84. The molecular weight excluding hydrogens is 228 g/mol. The predicted octanol–water partition coefficient (Wildman–Crippen LogP) is -1.08. The van der Waals surface area contributed by atoms with Crippen LogP contribution in [0.3, 0.4) is 0 Å². The van der Waals surface area contributed by atoms with Crippen molar-refractivity contribution < 1.29 is 19.8 Å². The van der Waals surface area contributed by atoms with E-state index in [1.807, 2.05) is 0 Å². The summed E-state index contributed by atoms with van der Waals surface area (Å²) in [5.41, 5.74) is 0. The first-order valence-electron chi connectivity index (χ1n) is 5.18. The summed E-state index contributed by atoms with van der Waals surface area (Å²) in [5, 5.41) is 24.2. The van der Waals surface area contributed by atoms with E-state index in [1.54, 1.807) is 0 Å². The standard InChI is InChI=1S/C9H12N4O4/c14-5-3-7(15)13(4-5)9-10-6(11-12-9)1-2-8(16)17/h5,14H,1-4H2,(H,16,17)(H,10,11,12). The number of carbonyl (C=O) groups excluding carboxylic acids is 1. The van der Waals surface area contributed by atoms with Gasteiger partial charge in [0.25, 0.3) is 5.95 Å². The Morgan fingerprint density at radius 3 is 2.94 bits per heavy atom. The Balaban J connectivity index is 2.03. The smallest absolute Gasteiger partial charge is 0.303 e. The summed E-state index contributed by atoms with van der Waals surface area (Å²) in [6.45, 7) is 0.176. The summed E-state index contributed by atoms with van der Waals surface area (Å²) in [6.07, 6.45) is -0.444. The van der Waals surface area contributed by atoms with Crippen molar-refractivity contribution in [3.05, 3.63) is 5.82 Å². The molecule has 8 nitrogen and oxygen atoms in total. The zero-order valence-electron chi connectivity index (χ0n) is 8.96. The Labute approximate surface area is 96.3 Å². The van der Waals surface area contributed by atoms with Crippen LogP contribution in [0, 0.1) is 0 Å². The Bertz CT molecular complexity index is 444. The van der Waals surface area contributed by atoms with Gasteiger partial charge in [0, 0.05) is 6.42 Å². The maximum absolute atomic E-state index is 11.4. The van der Waals surface area contributed by atoms with Crippen molar-refractivity contribution in [1.82, 2.24) is 15.2 Å².